The Kier molecular flexibility index (Phi) is 54.8. The second kappa shape index (κ2) is 57.4. The molecule has 0 aromatic rings. The summed E-state index contributed by atoms with van der Waals surface area (Å²) in [6.45, 7) is 6.56. The van der Waals surface area contributed by atoms with Gasteiger partial charge in [0.25, 0.3) is 0 Å². The fourth-order valence-corrected chi connectivity index (χ4v) is 8.24. The summed E-state index contributed by atoms with van der Waals surface area (Å²) in [5.41, 5.74) is 0. The lowest BCUT2D eigenvalue weighted by molar-refractivity contribution is -0.166. The molecular weight excluding hydrogens is 853 g/mol. The highest BCUT2D eigenvalue weighted by Gasteiger charge is 2.19. The van der Waals surface area contributed by atoms with E-state index < -0.39 is 6.10 Å². The van der Waals surface area contributed by atoms with Gasteiger partial charge >= 0.3 is 17.9 Å². The zero-order chi connectivity index (χ0) is 50.0. The van der Waals surface area contributed by atoms with Gasteiger partial charge in [0.2, 0.25) is 0 Å². The Morgan fingerprint density at radius 1 is 0.290 bits per heavy atom. The minimum atomic E-state index is -0.807. The molecule has 0 rings (SSSR count). The van der Waals surface area contributed by atoms with E-state index in [1.165, 1.54) is 173 Å². The van der Waals surface area contributed by atoms with Crippen LogP contribution < -0.4 is 0 Å². The molecule has 0 amide bonds. The summed E-state index contributed by atoms with van der Waals surface area (Å²) in [5, 5.41) is 0. The van der Waals surface area contributed by atoms with Crippen LogP contribution in [-0.4, -0.2) is 37.2 Å². The van der Waals surface area contributed by atoms with Crippen LogP contribution in [0, 0.1) is 0 Å². The summed E-state index contributed by atoms with van der Waals surface area (Å²) in [7, 11) is 0. The van der Waals surface area contributed by atoms with Crippen molar-refractivity contribution in [2.75, 3.05) is 13.2 Å². The fourth-order valence-electron chi connectivity index (χ4n) is 8.24. The first-order valence-electron chi connectivity index (χ1n) is 29.4. The molecule has 0 saturated heterocycles. The molecule has 0 heterocycles. The number of unbranched alkanes of at least 4 members (excludes halogenated alkanes) is 30. The van der Waals surface area contributed by atoms with Crippen LogP contribution in [0.4, 0.5) is 0 Å². The zero-order valence-electron chi connectivity index (χ0n) is 45.6. The Balaban J connectivity index is 4.48. The highest BCUT2D eigenvalue weighted by atomic mass is 16.6. The number of esters is 3. The maximum Gasteiger partial charge on any atom is 0.306 e. The van der Waals surface area contributed by atoms with Crippen LogP contribution in [0.3, 0.4) is 0 Å². The van der Waals surface area contributed by atoms with Crippen molar-refractivity contribution in [3.05, 3.63) is 72.9 Å². The summed E-state index contributed by atoms with van der Waals surface area (Å²) < 4.78 is 16.8. The molecule has 6 heteroatoms. The smallest absolute Gasteiger partial charge is 0.306 e. The average molecular weight is 964 g/mol. The van der Waals surface area contributed by atoms with Crippen molar-refractivity contribution in [2.24, 2.45) is 0 Å². The van der Waals surface area contributed by atoms with E-state index in [1.54, 1.807) is 0 Å². The van der Waals surface area contributed by atoms with Crippen LogP contribution in [-0.2, 0) is 28.6 Å². The molecule has 0 saturated carbocycles. The minimum Gasteiger partial charge on any atom is -0.462 e. The summed E-state index contributed by atoms with van der Waals surface area (Å²) in [5.74, 6) is -0.983. The van der Waals surface area contributed by atoms with E-state index in [-0.39, 0.29) is 37.5 Å². The molecule has 0 aliphatic heterocycles. The van der Waals surface area contributed by atoms with Gasteiger partial charge in [0.05, 0.1) is 0 Å². The first kappa shape index (κ1) is 65.8. The summed E-state index contributed by atoms with van der Waals surface area (Å²) in [6.07, 6.45) is 73.3. The maximum atomic E-state index is 12.9. The third-order valence-corrected chi connectivity index (χ3v) is 12.7. The highest BCUT2D eigenvalue weighted by Crippen LogP contribution is 2.16. The van der Waals surface area contributed by atoms with Gasteiger partial charge in [-0.3, -0.25) is 14.4 Å². The lowest BCUT2D eigenvalue weighted by Gasteiger charge is -2.18. The number of allylic oxidation sites excluding steroid dienone is 12. The second-order valence-corrected chi connectivity index (χ2v) is 19.6. The first-order valence-corrected chi connectivity index (χ1v) is 29.4. The molecule has 0 bridgehead atoms. The van der Waals surface area contributed by atoms with Crippen LogP contribution >= 0.6 is 0 Å². The largest absolute Gasteiger partial charge is 0.462 e. The van der Waals surface area contributed by atoms with E-state index in [0.29, 0.717) is 19.3 Å². The van der Waals surface area contributed by atoms with Crippen LogP contribution in [0.1, 0.15) is 290 Å². The van der Waals surface area contributed by atoms with Gasteiger partial charge in [-0.05, 0) is 83.5 Å². The Bertz CT molecular complexity index is 1290. The van der Waals surface area contributed by atoms with E-state index in [4.69, 9.17) is 14.2 Å². The van der Waals surface area contributed by atoms with Crippen LogP contribution in [0.2, 0.25) is 0 Å². The Morgan fingerprint density at radius 3 is 0.942 bits per heavy atom. The Morgan fingerprint density at radius 2 is 0.551 bits per heavy atom. The molecule has 0 N–H and O–H groups in total. The summed E-state index contributed by atoms with van der Waals surface area (Å²) in [4.78, 5) is 38.1. The minimum absolute atomic E-state index is 0.100. The number of rotatable bonds is 53. The average Bonchev–Trinajstić information content (AvgIpc) is 3.35. The summed E-state index contributed by atoms with van der Waals surface area (Å²) >= 11 is 0. The van der Waals surface area contributed by atoms with Crippen molar-refractivity contribution in [3.63, 3.8) is 0 Å². The number of ether oxygens (including phenoxy) is 3. The van der Waals surface area contributed by atoms with Gasteiger partial charge in [-0.15, -0.1) is 0 Å². The van der Waals surface area contributed by atoms with Gasteiger partial charge in [-0.25, -0.2) is 0 Å². The van der Waals surface area contributed by atoms with E-state index in [9.17, 15) is 14.4 Å². The van der Waals surface area contributed by atoms with Crippen LogP contribution in [0.15, 0.2) is 72.9 Å². The topological polar surface area (TPSA) is 78.9 Å². The van der Waals surface area contributed by atoms with Crippen LogP contribution in [0.5, 0.6) is 0 Å². The van der Waals surface area contributed by atoms with Crippen molar-refractivity contribution in [3.8, 4) is 0 Å². The lowest BCUT2D eigenvalue weighted by Crippen LogP contribution is -2.30. The van der Waals surface area contributed by atoms with E-state index >= 15 is 0 Å². The standard InChI is InChI=1S/C63H110O6/c1-4-7-10-13-16-19-22-25-28-30-31-33-35-38-41-44-47-50-53-56-62(65)68-59-60(58-67-61(64)55-52-49-46-43-40-37-34-27-24-21-18-15-12-9-6-3)69-63(66)57-54-51-48-45-42-39-36-32-29-26-23-20-17-14-11-8-5-2/h16,19,25,27-28,31,33-34,38,41,47,50,60H,4-15,17-18,20-24,26,29-30,32,35-37,39-40,42-46,48-49,51-59H2,1-3H3/b19-16-,28-25-,33-31-,34-27-,41-38-,50-47-/t60-/m0/s1. The first-order chi connectivity index (χ1) is 34.0. The molecule has 0 aromatic heterocycles. The van der Waals surface area contributed by atoms with Crippen LogP contribution in [0.25, 0.3) is 0 Å². The molecule has 1 atom stereocenters. The molecule has 0 spiro atoms. The third-order valence-electron chi connectivity index (χ3n) is 12.7. The fraction of sp³-hybridized carbons (Fsp3) is 0.762. The molecule has 398 valence electrons. The quantitative estimate of drug-likeness (QED) is 0.0262. The molecule has 0 fully saturated rings. The lowest BCUT2D eigenvalue weighted by atomic mass is 10.0. The predicted molar refractivity (Wildman–Crippen MR) is 298 cm³/mol. The molecule has 0 aliphatic carbocycles. The van der Waals surface area contributed by atoms with Gasteiger partial charge < -0.3 is 14.2 Å². The molecule has 0 aliphatic rings. The molecule has 6 nitrogen and oxygen atoms in total. The van der Waals surface area contributed by atoms with Crippen molar-refractivity contribution in [2.45, 2.75) is 297 Å². The van der Waals surface area contributed by atoms with Gasteiger partial charge in [-0.1, -0.05) is 261 Å². The number of hydrogen-bond acceptors (Lipinski definition) is 6. The normalized spacial score (nSPS) is 12.6. The van der Waals surface area contributed by atoms with Gasteiger partial charge in [0, 0.05) is 19.3 Å². The van der Waals surface area contributed by atoms with Gasteiger partial charge in [-0.2, -0.15) is 0 Å². The van der Waals surface area contributed by atoms with Gasteiger partial charge in [0.15, 0.2) is 6.10 Å². The number of hydrogen-bond donors (Lipinski definition) is 0. The Labute approximate surface area is 427 Å². The SMILES string of the molecule is CCCCC/C=C\C/C=C\C/C=C\C/C=C\C/C=C\CCC(=O)OC[C@H](COC(=O)CCCCCCC/C=C\CCCCCCCC)OC(=O)CCCCCCCCCCCCCCCCCCC. The maximum absolute atomic E-state index is 12.9. The third kappa shape index (κ3) is 55.6. The number of carbonyl (C=O) groups excluding carboxylic acids is 3. The van der Waals surface area contributed by atoms with Crippen molar-refractivity contribution >= 4 is 17.9 Å². The van der Waals surface area contributed by atoms with Crippen molar-refractivity contribution in [1.82, 2.24) is 0 Å². The molecule has 0 aromatic carbocycles. The predicted octanol–water partition coefficient (Wildman–Crippen LogP) is 19.8. The zero-order valence-corrected chi connectivity index (χ0v) is 45.6. The number of carbonyl (C=O) groups is 3. The summed E-state index contributed by atoms with van der Waals surface area (Å²) in [6, 6.07) is 0. The Hall–Kier alpha value is -3.15. The molecule has 69 heavy (non-hydrogen) atoms. The van der Waals surface area contributed by atoms with Crippen molar-refractivity contribution in [1.29, 1.82) is 0 Å². The van der Waals surface area contributed by atoms with Gasteiger partial charge in [0.1, 0.15) is 13.2 Å². The monoisotopic (exact) mass is 963 g/mol. The highest BCUT2D eigenvalue weighted by molar-refractivity contribution is 5.71. The molecular formula is C63H110O6. The van der Waals surface area contributed by atoms with Crippen molar-refractivity contribution < 1.29 is 28.6 Å². The van der Waals surface area contributed by atoms with E-state index in [0.717, 1.165) is 70.6 Å². The van der Waals surface area contributed by atoms with E-state index in [1.807, 2.05) is 6.08 Å². The molecule has 0 radical (unpaired) electrons. The second-order valence-electron chi connectivity index (χ2n) is 19.6. The molecule has 0 unspecified atom stereocenters. The van der Waals surface area contributed by atoms with E-state index in [2.05, 4.69) is 87.6 Å².